The average molecular weight is 398 g/mol. The van der Waals surface area contributed by atoms with E-state index in [4.69, 9.17) is 11.6 Å². The molecule has 1 atom stereocenters. The van der Waals surface area contributed by atoms with Crippen molar-refractivity contribution in [3.8, 4) is 0 Å². The Labute approximate surface area is 137 Å². The third-order valence-corrected chi connectivity index (χ3v) is 4.23. The van der Waals surface area contributed by atoms with E-state index >= 15 is 0 Å². The van der Waals surface area contributed by atoms with Crippen LogP contribution in [0.2, 0.25) is 5.02 Å². The van der Waals surface area contributed by atoms with Crippen molar-refractivity contribution >= 4 is 44.8 Å². The van der Waals surface area contributed by atoms with Crippen LogP contribution in [-0.2, 0) is 4.79 Å². The maximum Gasteiger partial charge on any atom is 0.434 e. The van der Waals surface area contributed by atoms with Gasteiger partial charge in [0, 0.05) is 10.9 Å². The van der Waals surface area contributed by atoms with Crippen molar-refractivity contribution in [2.24, 2.45) is 5.10 Å². The van der Waals surface area contributed by atoms with Crippen LogP contribution in [0.1, 0.15) is 6.42 Å². The monoisotopic (exact) mass is 396 g/mol. The lowest BCUT2D eigenvalue weighted by Gasteiger charge is -2.22. The number of halogens is 5. The normalized spacial score (nSPS) is 22.0. The number of benzene rings is 1. The standard InChI is InChI=1S/C13H9BrClF3N2O2/c1-2-5-12(22)10(13(16,17)18)19-20(11(12)21)7-3-4-8(14)9(15)6-7/h2-4,6,22H,1,5H2. The number of rotatable bonds is 3. The van der Waals surface area contributed by atoms with Crippen LogP contribution in [0.15, 0.2) is 40.4 Å². The zero-order valence-corrected chi connectivity index (χ0v) is 13.2. The van der Waals surface area contributed by atoms with Gasteiger partial charge in [-0.2, -0.15) is 23.3 Å². The summed E-state index contributed by atoms with van der Waals surface area (Å²) in [5.41, 5.74) is -4.36. The minimum atomic E-state index is -4.96. The number of alkyl halides is 3. The molecular formula is C13H9BrClF3N2O2. The highest BCUT2D eigenvalue weighted by atomic mass is 79.9. The fourth-order valence-corrected chi connectivity index (χ4v) is 2.40. The lowest BCUT2D eigenvalue weighted by molar-refractivity contribution is -0.132. The molecule has 1 unspecified atom stereocenters. The van der Waals surface area contributed by atoms with Crippen LogP contribution in [0.5, 0.6) is 0 Å². The van der Waals surface area contributed by atoms with Crippen LogP contribution in [-0.4, -0.2) is 28.5 Å². The smallest absolute Gasteiger partial charge is 0.374 e. The van der Waals surface area contributed by atoms with Crippen molar-refractivity contribution in [1.82, 2.24) is 0 Å². The van der Waals surface area contributed by atoms with Crippen molar-refractivity contribution in [2.75, 3.05) is 5.01 Å². The molecular weight excluding hydrogens is 389 g/mol. The van der Waals surface area contributed by atoms with Gasteiger partial charge in [-0.25, -0.2) is 0 Å². The number of hydrogen-bond acceptors (Lipinski definition) is 3. The molecule has 1 amide bonds. The summed E-state index contributed by atoms with van der Waals surface area (Å²) in [6.45, 7) is 3.26. The molecule has 22 heavy (non-hydrogen) atoms. The van der Waals surface area contributed by atoms with E-state index in [2.05, 4.69) is 27.6 Å². The summed E-state index contributed by atoms with van der Waals surface area (Å²) in [5, 5.41) is 14.1. The van der Waals surface area contributed by atoms with Crippen LogP contribution < -0.4 is 5.01 Å². The first-order valence-electron chi connectivity index (χ1n) is 5.90. The second-order valence-corrected chi connectivity index (χ2v) is 5.78. The molecule has 0 saturated carbocycles. The van der Waals surface area contributed by atoms with E-state index in [0.29, 0.717) is 9.48 Å². The van der Waals surface area contributed by atoms with Gasteiger partial charge in [-0.05, 0) is 34.1 Å². The summed E-state index contributed by atoms with van der Waals surface area (Å²) in [5.74, 6) is -1.21. The van der Waals surface area contributed by atoms with Crippen molar-refractivity contribution in [3.05, 3.63) is 40.3 Å². The number of amides is 1. The molecule has 0 radical (unpaired) electrons. The highest BCUT2D eigenvalue weighted by molar-refractivity contribution is 9.10. The number of hydrazone groups is 1. The summed E-state index contributed by atoms with van der Waals surface area (Å²) in [7, 11) is 0. The van der Waals surface area contributed by atoms with Gasteiger partial charge in [0.05, 0.1) is 10.7 Å². The van der Waals surface area contributed by atoms with E-state index in [9.17, 15) is 23.1 Å². The van der Waals surface area contributed by atoms with Gasteiger partial charge in [0.2, 0.25) is 0 Å². The second-order valence-electron chi connectivity index (χ2n) is 4.51. The lowest BCUT2D eigenvalue weighted by atomic mass is 9.93. The summed E-state index contributed by atoms with van der Waals surface area (Å²) in [6, 6.07) is 4.07. The Morgan fingerprint density at radius 2 is 2.14 bits per heavy atom. The Bertz CT molecular complexity index is 678. The molecule has 0 fully saturated rings. The molecule has 2 rings (SSSR count). The molecule has 1 heterocycles. The first kappa shape index (κ1) is 17.0. The maximum atomic E-state index is 13.0. The predicted octanol–water partition coefficient (Wildman–Crippen LogP) is 3.67. The van der Waals surface area contributed by atoms with E-state index in [0.717, 1.165) is 6.08 Å². The van der Waals surface area contributed by atoms with Gasteiger partial charge < -0.3 is 5.11 Å². The summed E-state index contributed by atoms with van der Waals surface area (Å²) < 4.78 is 39.6. The molecule has 1 aliphatic heterocycles. The molecule has 1 aromatic rings. The average Bonchev–Trinajstić information content (AvgIpc) is 2.66. The third kappa shape index (κ3) is 2.78. The highest BCUT2D eigenvalue weighted by Crippen LogP contribution is 2.37. The zero-order valence-electron chi connectivity index (χ0n) is 10.9. The highest BCUT2D eigenvalue weighted by Gasteiger charge is 2.59. The van der Waals surface area contributed by atoms with Crippen molar-refractivity contribution in [1.29, 1.82) is 0 Å². The van der Waals surface area contributed by atoms with Crippen LogP contribution in [0, 0.1) is 0 Å². The van der Waals surface area contributed by atoms with Crippen LogP contribution in [0.25, 0.3) is 0 Å². The molecule has 118 valence electrons. The summed E-state index contributed by atoms with van der Waals surface area (Å²) in [4.78, 5) is 12.2. The molecule has 0 bridgehead atoms. The second kappa shape index (κ2) is 5.68. The van der Waals surface area contributed by atoms with E-state index < -0.39 is 29.8 Å². The van der Waals surface area contributed by atoms with Crippen molar-refractivity contribution < 1.29 is 23.1 Å². The van der Waals surface area contributed by atoms with Crippen LogP contribution >= 0.6 is 27.5 Å². The van der Waals surface area contributed by atoms with Crippen molar-refractivity contribution in [2.45, 2.75) is 18.2 Å². The fraction of sp³-hybridized carbons (Fsp3) is 0.231. The molecule has 0 spiro atoms. The number of anilines is 1. The molecule has 4 nitrogen and oxygen atoms in total. The topological polar surface area (TPSA) is 52.9 Å². The Morgan fingerprint density at radius 1 is 1.50 bits per heavy atom. The quantitative estimate of drug-likeness (QED) is 0.791. The van der Waals surface area contributed by atoms with Crippen LogP contribution in [0.4, 0.5) is 18.9 Å². The van der Waals surface area contributed by atoms with E-state index in [1.165, 1.54) is 18.2 Å². The number of nitrogens with zero attached hydrogens (tertiary/aromatic N) is 2. The molecule has 1 N–H and O–H groups in total. The maximum absolute atomic E-state index is 13.0. The Hall–Kier alpha value is -1.38. The van der Waals surface area contributed by atoms with E-state index in [1.807, 2.05) is 0 Å². The first-order valence-corrected chi connectivity index (χ1v) is 7.07. The Balaban J connectivity index is 2.54. The summed E-state index contributed by atoms with van der Waals surface area (Å²) >= 11 is 8.99. The third-order valence-electron chi connectivity index (χ3n) is 2.99. The van der Waals surface area contributed by atoms with E-state index in [-0.39, 0.29) is 10.7 Å². The minimum Gasteiger partial charge on any atom is -0.374 e. The predicted molar refractivity (Wildman–Crippen MR) is 79.9 cm³/mol. The molecule has 9 heteroatoms. The number of carbonyl (C=O) groups excluding carboxylic acids is 1. The zero-order chi connectivity index (χ0) is 16.7. The molecule has 0 saturated heterocycles. The lowest BCUT2D eigenvalue weighted by Crippen LogP contribution is -2.50. The van der Waals surface area contributed by atoms with Gasteiger partial charge in [-0.15, -0.1) is 6.58 Å². The number of hydrogen-bond donors (Lipinski definition) is 1. The number of carbonyl (C=O) groups is 1. The largest absolute Gasteiger partial charge is 0.434 e. The Morgan fingerprint density at radius 3 is 2.64 bits per heavy atom. The SMILES string of the molecule is C=CCC1(O)C(=O)N(c2ccc(Br)c(Cl)c2)N=C1C(F)(F)F. The van der Waals surface area contributed by atoms with Gasteiger partial charge >= 0.3 is 6.18 Å². The minimum absolute atomic E-state index is 0.0138. The fourth-order valence-electron chi connectivity index (χ4n) is 1.98. The van der Waals surface area contributed by atoms with Gasteiger partial charge in [-0.1, -0.05) is 17.7 Å². The molecule has 1 aromatic carbocycles. The molecule has 0 aromatic heterocycles. The first-order chi connectivity index (χ1) is 10.1. The van der Waals surface area contributed by atoms with Gasteiger partial charge in [-0.3, -0.25) is 4.79 Å². The van der Waals surface area contributed by atoms with Crippen molar-refractivity contribution in [3.63, 3.8) is 0 Å². The summed E-state index contributed by atoms with van der Waals surface area (Å²) in [6.07, 6.45) is -4.54. The van der Waals surface area contributed by atoms with Gasteiger partial charge in [0.15, 0.2) is 11.3 Å². The number of aliphatic hydroxyl groups is 1. The van der Waals surface area contributed by atoms with E-state index in [1.54, 1.807) is 0 Å². The van der Waals surface area contributed by atoms with Crippen LogP contribution in [0.3, 0.4) is 0 Å². The Kier molecular flexibility index (Phi) is 4.38. The van der Waals surface area contributed by atoms with Gasteiger partial charge in [0.1, 0.15) is 0 Å². The molecule has 1 aliphatic rings. The van der Waals surface area contributed by atoms with Gasteiger partial charge in [0.25, 0.3) is 5.91 Å². The molecule has 0 aliphatic carbocycles.